The Bertz CT molecular complexity index is 2640. The molecule has 52 heavy (non-hydrogen) atoms. The van der Waals surface area contributed by atoms with Crippen LogP contribution in [0.5, 0.6) is 0 Å². The van der Waals surface area contributed by atoms with Gasteiger partial charge in [-0.1, -0.05) is 159 Å². The van der Waals surface area contributed by atoms with E-state index in [-0.39, 0.29) is 0 Å². The van der Waals surface area contributed by atoms with E-state index in [0.29, 0.717) is 0 Å². The molecule has 0 aliphatic carbocycles. The lowest BCUT2D eigenvalue weighted by molar-refractivity contribution is 1.38. The Morgan fingerprint density at radius 1 is 0.596 bits per heavy atom. The molecule has 0 aromatic heterocycles. The molecule has 0 N–H and O–H groups in total. The van der Waals surface area contributed by atoms with Crippen LogP contribution in [0.3, 0.4) is 0 Å². The molecular formula is C51H43N. The van der Waals surface area contributed by atoms with Gasteiger partial charge in [0.2, 0.25) is 0 Å². The van der Waals surface area contributed by atoms with Gasteiger partial charge in [-0.15, -0.1) is 0 Å². The highest BCUT2D eigenvalue weighted by atomic mass is 14.7. The molecule has 0 saturated carbocycles. The number of para-hydroxylation sites is 1. The van der Waals surface area contributed by atoms with Gasteiger partial charge in [0, 0.05) is 5.71 Å². The van der Waals surface area contributed by atoms with E-state index in [4.69, 9.17) is 4.99 Å². The van der Waals surface area contributed by atoms with Crippen LogP contribution >= 0.6 is 0 Å². The first kappa shape index (κ1) is 34.2. The van der Waals surface area contributed by atoms with Crippen LogP contribution in [0.15, 0.2) is 187 Å². The minimum atomic E-state index is 0.933. The highest BCUT2D eigenvalue weighted by Gasteiger charge is 2.20. The van der Waals surface area contributed by atoms with Crippen molar-refractivity contribution in [3.63, 3.8) is 0 Å². The van der Waals surface area contributed by atoms with Crippen molar-refractivity contribution in [2.45, 2.75) is 27.7 Å². The monoisotopic (exact) mass is 669 g/mol. The molecule has 0 unspecified atom stereocenters. The molecule has 0 radical (unpaired) electrons. The van der Waals surface area contributed by atoms with Crippen LogP contribution in [-0.4, -0.2) is 5.71 Å². The van der Waals surface area contributed by atoms with Crippen LogP contribution in [0.4, 0.5) is 5.69 Å². The predicted molar refractivity (Wildman–Crippen MR) is 230 cm³/mol. The van der Waals surface area contributed by atoms with Crippen molar-refractivity contribution < 1.29 is 0 Å². The number of fused-ring (bicyclic) bond motifs is 3. The summed E-state index contributed by atoms with van der Waals surface area (Å²) in [7, 11) is 0. The van der Waals surface area contributed by atoms with E-state index in [2.05, 4.69) is 186 Å². The maximum absolute atomic E-state index is 4.94. The largest absolute Gasteiger partial charge is 0.253 e. The average Bonchev–Trinajstić information content (AvgIpc) is 3.18. The lowest BCUT2D eigenvalue weighted by Crippen LogP contribution is -1.97. The summed E-state index contributed by atoms with van der Waals surface area (Å²) in [5, 5.41) is 7.27. The van der Waals surface area contributed by atoms with Crippen molar-refractivity contribution in [2.75, 3.05) is 0 Å². The summed E-state index contributed by atoms with van der Waals surface area (Å²) in [4.78, 5) is 4.94. The zero-order chi connectivity index (χ0) is 36.2. The number of hydrogen-bond acceptors (Lipinski definition) is 1. The van der Waals surface area contributed by atoms with Crippen LogP contribution in [0.25, 0.3) is 66.7 Å². The summed E-state index contributed by atoms with van der Waals surface area (Å²) in [5.41, 5.74) is 13.1. The Hall–Kier alpha value is -6.31. The number of hydrogen-bond donors (Lipinski definition) is 0. The van der Waals surface area contributed by atoms with Gasteiger partial charge in [0.05, 0.1) is 5.69 Å². The number of nitrogens with zero attached hydrogens (tertiary/aromatic N) is 1. The fraction of sp³-hybridized carbons (Fsp3) is 0.0784. The Kier molecular flexibility index (Phi) is 9.78. The van der Waals surface area contributed by atoms with Gasteiger partial charge < -0.3 is 0 Å². The van der Waals surface area contributed by atoms with Crippen LogP contribution < -0.4 is 0 Å². The molecule has 7 aromatic carbocycles. The number of aryl methyl sites for hydroxylation is 1. The van der Waals surface area contributed by atoms with E-state index >= 15 is 0 Å². The maximum Gasteiger partial charge on any atom is 0.0662 e. The first-order valence-electron chi connectivity index (χ1n) is 17.9. The minimum Gasteiger partial charge on any atom is -0.253 e. The topological polar surface area (TPSA) is 12.4 Å². The lowest BCUT2D eigenvalue weighted by Gasteiger charge is -2.21. The highest BCUT2D eigenvalue weighted by Crippen LogP contribution is 2.45. The third kappa shape index (κ3) is 6.74. The molecule has 0 heterocycles. The average molecular weight is 670 g/mol. The molecule has 7 rings (SSSR count). The third-order valence-electron chi connectivity index (χ3n) is 10.0. The van der Waals surface area contributed by atoms with E-state index in [1.54, 1.807) is 0 Å². The van der Waals surface area contributed by atoms with Crippen LogP contribution in [0, 0.1) is 6.92 Å². The van der Waals surface area contributed by atoms with Gasteiger partial charge in [0.1, 0.15) is 0 Å². The molecule has 0 bridgehead atoms. The molecule has 0 spiro atoms. The fourth-order valence-electron chi connectivity index (χ4n) is 7.14. The first-order valence-corrected chi connectivity index (χ1v) is 17.9. The fourth-order valence-corrected chi connectivity index (χ4v) is 7.14. The van der Waals surface area contributed by atoms with Gasteiger partial charge in [0.25, 0.3) is 0 Å². The number of aliphatic imine (C=N–C) groups is 1. The molecule has 0 aliphatic heterocycles. The summed E-state index contributed by atoms with van der Waals surface area (Å²) in [5.74, 6) is 0. The second-order valence-electron chi connectivity index (χ2n) is 13.4. The Balaban J connectivity index is 1.41. The lowest BCUT2D eigenvalue weighted by atomic mass is 9.82. The molecule has 252 valence electrons. The highest BCUT2D eigenvalue weighted by molar-refractivity contribution is 6.13. The van der Waals surface area contributed by atoms with Crippen LogP contribution in [-0.2, 0) is 0 Å². The van der Waals surface area contributed by atoms with Crippen molar-refractivity contribution in [2.24, 2.45) is 4.99 Å². The number of allylic oxidation sites excluding steroid dienone is 6. The van der Waals surface area contributed by atoms with Gasteiger partial charge in [-0.2, -0.15) is 0 Å². The van der Waals surface area contributed by atoms with Gasteiger partial charge in [-0.25, -0.2) is 0 Å². The van der Waals surface area contributed by atoms with Gasteiger partial charge in [-0.05, 0) is 134 Å². The zero-order valence-electron chi connectivity index (χ0n) is 30.4. The summed E-state index contributed by atoms with van der Waals surface area (Å²) < 4.78 is 0. The van der Waals surface area contributed by atoms with Gasteiger partial charge in [-0.3, -0.25) is 4.99 Å². The summed E-state index contributed by atoms with van der Waals surface area (Å²) in [6, 6.07) is 47.7. The molecule has 1 heteroatoms. The Labute approximate surface area is 308 Å². The van der Waals surface area contributed by atoms with Crippen LogP contribution in [0.1, 0.15) is 37.5 Å². The predicted octanol–water partition coefficient (Wildman–Crippen LogP) is 14.7. The Morgan fingerprint density at radius 2 is 1.12 bits per heavy atom. The van der Waals surface area contributed by atoms with E-state index in [0.717, 1.165) is 44.8 Å². The van der Waals surface area contributed by atoms with Crippen molar-refractivity contribution >= 4 is 55.9 Å². The van der Waals surface area contributed by atoms with Crippen molar-refractivity contribution in [1.29, 1.82) is 0 Å². The second-order valence-corrected chi connectivity index (χ2v) is 13.4. The standard InChI is InChI=1S/C51H43N/c1-7-38(37(6)52-49-24-16-9-17-35(49)4)26-25-34(3)36(5)31-48-45(8-2)50(43-29-27-39-18-10-12-20-41(39)32-43)46-22-14-15-23-47(46)51(48)44-30-28-40-19-11-13-21-42(40)33-44/h7-33H,2-3H2,1,4-6H3/b26-25-,36-31+,38-7+,52-37?. The molecule has 7 aromatic rings. The van der Waals surface area contributed by atoms with Crippen molar-refractivity contribution in [1.82, 2.24) is 0 Å². The molecule has 0 aliphatic rings. The molecule has 0 amide bonds. The SMILES string of the molecule is C=Cc1c(/C=C(\C)C(=C)/C=C\C(=C/C)C(C)=Nc2ccccc2C)c(-c2ccc3ccccc3c2)c2ccccc2c1-c1ccc2ccccc2c1. The van der Waals surface area contributed by atoms with E-state index < -0.39 is 0 Å². The second kappa shape index (κ2) is 14.9. The van der Waals surface area contributed by atoms with Crippen molar-refractivity contribution in [3.05, 3.63) is 198 Å². The molecule has 1 nitrogen and oxygen atoms in total. The first-order chi connectivity index (χ1) is 25.4. The molecule has 0 saturated heterocycles. The van der Waals surface area contributed by atoms with Gasteiger partial charge in [0.15, 0.2) is 0 Å². The minimum absolute atomic E-state index is 0.933. The van der Waals surface area contributed by atoms with Crippen LogP contribution in [0.2, 0.25) is 0 Å². The Morgan fingerprint density at radius 3 is 1.67 bits per heavy atom. The zero-order valence-corrected chi connectivity index (χ0v) is 30.4. The van der Waals surface area contributed by atoms with E-state index in [9.17, 15) is 0 Å². The van der Waals surface area contributed by atoms with E-state index in [1.165, 1.54) is 54.6 Å². The normalized spacial score (nSPS) is 12.7. The molecule has 0 fully saturated rings. The third-order valence-corrected chi connectivity index (χ3v) is 10.0. The van der Waals surface area contributed by atoms with Crippen molar-refractivity contribution in [3.8, 4) is 22.3 Å². The molecule has 0 atom stereocenters. The summed E-state index contributed by atoms with van der Waals surface area (Å²) in [6.45, 7) is 17.3. The summed E-state index contributed by atoms with van der Waals surface area (Å²) >= 11 is 0. The summed E-state index contributed by atoms with van der Waals surface area (Å²) in [6.07, 6.45) is 10.7. The van der Waals surface area contributed by atoms with Gasteiger partial charge >= 0.3 is 0 Å². The smallest absolute Gasteiger partial charge is 0.0662 e. The quantitative estimate of drug-likeness (QED) is 0.107. The molecular weight excluding hydrogens is 627 g/mol. The number of rotatable bonds is 9. The number of benzene rings is 7. The maximum atomic E-state index is 4.94. The van der Waals surface area contributed by atoms with E-state index in [1.807, 2.05) is 18.2 Å².